The zero-order valence-electron chi connectivity index (χ0n) is 13.9. The highest BCUT2D eigenvalue weighted by atomic mass is 32.2. The Kier molecular flexibility index (Phi) is 6.96. The van der Waals surface area contributed by atoms with Gasteiger partial charge < -0.3 is 20.3 Å². The van der Waals surface area contributed by atoms with Gasteiger partial charge in [0.25, 0.3) is 0 Å². The van der Waals surface area contributed by atoms with Gasteiger partial charge in [-0.1, -0.05) is 24.8 Å². The van der Waals surface area contributed by atoms with Gasteiger partial charge >= 0.3 is 0 Å². The first kappa shape index (κ1) is 18.2. The van der Waals surface area contributed by atoms with Gasteiger partial charge in [0.2, 0.25) is 0 Å². The first-order chi connectivity index (χ1) is 11.7. The molecule has 0 spiro atoms. The van der Waals surface area contributed by atoms with Crippen LogP contribution in [0.25, 0.3) is 0 Å². The molecular weight excluding hydrogens is 320 g/mol. The monoisotopic (exact) mass is 344 g/mol. The molecule has 1 fully saturated rings. The van der Waals surface area contributed by atoms with Crippen LogP contribution in [0.2, 0.25) is 0 Å². The first-order valence-electron chi connectivity index (χ1n) is 7.94. The number of hydrogen-bond acceptors (Lipinski definition) is 4. The van der Waals surface area contributed by atoms with Crippen molar-refractivity contribution in [3.05, 3.63) is 59.6 Å². The number of nitrogens with zero attached hydrogens (tertiary/aromatic N) is 1. The highest BCUT2D eigenvalue weighted by Gasteiger charge is 2.16. The molecule has 0 amide bonds. The molecule has 0 aliphatic carbocycles. The highest BCUT2D eigenvalue weighted by molar-refractivity contribution is 7.90. The maximum atomic E-state index is 12.6. The second-order valence-electron chi connectivity index (χ2n) is 5.30. The molecule has 5 nitrogen and oxygen atoms in total. The molecule has 0 saturated carbocycles. The predicted octanol–water partition coefficient (Wildman–Crippen LogP) is 2.82. The lowest BCUT2D eigenvalue weighted by Gasteiger charge is -2.31. The fourth-order valence-corrected chi connectivity index (χ4v) is 3.57. The molecule has 1 heterocycles. The Bertz CT molecular complexity index is 676. The zero-order valence-corrected chi connectivity index (χ0v) is 14.7. The molecular formula is C18H24N4OS. The Morgan fingerprint density at radius 3 is 2.79 bits per heavy atom. The van der Waals surface area contributed by atoms with Crippen molar-refractivity contribution in [1.82, 2.24) is 5.32 Å². The second-order valence-corrected chi connectivity index (χ2v) is 6.51. The van der Waals surface area contributed by atoms with Gasteiger partial charge in [-0.25, -0.2) is 4.21 Å². The number of piperazine rings is 1. The van der Waals surface area contributed by atoms with Crippen LogP contribution in [0.15, 0.2) is 54.0 Å². The van der Waals surface area contributed by atoms with Crippen molar-refractivity contribution >= 4 is 28.6 Å². The summed E-state index contributed by atoms with van der Waals surface area (Å²) >= 11 is 0. The summed E-state index contributed by atoms with van der Waals surface area (Å²) in [4.78, 5) is 2.88. The third kappa shape index (κ3) is 4.43. The van der Waals surface area contributed by atoms with Gasteiger partial charge in [-0.05, 0) is 31.2 Å². The minimum atomic E-state index is -1.41. The third-order valence-electron chi connectivity index (χ3n) is 3.71. The van der Waals surface area contributed by atoms with Crippen LogP contribution >= 0.6 is 0 Å². The number of nitrogens with one attached hydrogen (secondary N) is 3. The van der Waals surface area contributed by atoms with Crippen LogP contribution in [0.5, 0.6) is 0 Å². The van der Waals surface area contributed by atoms with E-state index in [0.29, 0.717) is 10.6 Å². The van der Waals surface area contributed by atoms with Crippen LogP contribution in [-0.4, -0.2) is 36.6 Å². The van der Waals surface area contributed by atoms with Gasteiger partial charge in [0.15, 0.2) is 0 Å². The Labute approximate surface area is 146 Å². The van der Waals surface area contributed by atoms with Crippen LogP contribution in [0.3, 0.4) is 0 Å². The fraction of sp³-hybridized carbons (Fsp3) is 0.278. The summed E-state index contributed by atoms with van der Waals surface area (Å²) in [6, 6.07) is 5.79. The third-order valence-corrected chi connectivity index (χ3v) is 4.82. The number of benzene rings is 1. The lowest BCUT2D eigenvalue weighted by Crippen LogP contribution is -2.43. The van der Waals surface area contributed by atoms with E-state index in [4.69, 9.17) is 5.41 Å². The second kappa shape index (κ2) is 9.20. The SMILES string of the molecule is C=C/C=C(\C=C/C)S(=O)Nc1cccc(N2CCNCC2)c1C=N. The minimum Gasteiger partial charge on any atom is -0.368 e. The Hall–Kier alpha value is -2.18. The maximum Gasteiger partial charge on any atom is 0.150 e. The molecule has 1 atom stereocenters. The summed E-state index contributed by atoms with van der Waals surface area (Å²) in [5, 5.41) is 11.1. The Balaban J connectivity index is 2.30. The molecule has 2 rings (SSSR count). The van der Waals surface area contributed by atoms with Crippen molar-refractivity contribution in [1.29, 1.82) is 5.41 Å². The molecule has 128 valence electrons. The van der Waals surface area contributed by atoms with E-state index in [-0.39, 0.29) is 0 Å². The van der Waals surface area contributed by atoms with E-state index >= 15 is 0 Å². The van der Waals surface area contributed by atoms with Gasteiger partial charge in [-0.15, -0.1) is 0 Å². The van der Waals surface area contributed by atoms with E-state index in [9.17, 15) is 4.21 Å². The summed E-state index contributed by atoms with van der Waals surface area (Å²) in [7, 11) is -1.41. The zero-order chi connectivity index (χ0) is 17.4. The normalized spacial score (nSPS) is 16.9. The number of rotatable bonds is 7. The standard InChI is InChI=1S/C18H24N4OS/c1-3-6-15(7-4-2)24(23)21-17-8-5-9-18(16(17)14-19)22-12-10-20-11-13-22/h3-9,14,19-21H,1,10-13H2,2H3/b7-4-,15-6+,19-14?. The summed E-state index contributed by atoms with van der Waals surface area (Å²) < 4.78 is 15.6. The lowest BCUT2D eigenvalue weighted by molar-refractivity contribution is 0.589. The number of hydrogen-bond donors (Lipinski definition) is 3. The largest absolute Gasteiger partial charge is 0.368 e. The molecule has 0 bridgehead atoms. The quantitative estimate of drug-likeness (QED) is 0.526. The van der Waals surface area contributed by atoms with Crippen molar-refractivity contribution in [3.63, 3.8) is 0 Å². The van der Waals surface area contributed by atoms with Crippen LogP contribution in [0, 0.1) is 5.41 Å². The number of anilines is 2. The summed E-state index contributed by atoms with van der Waals surface area (Å²) in [6.45, 7) is 9.18. The predicted molar refractivity (Wildman–Crippen MR) is 104 cm³/mol. The average molecular weight is 344 g/mol. The topological polar surface area (TPSA) is 68.2 Å². The van der Waals surface area contributed by atoms with E-state index in [1.54, 1.807) is 18.2 Å². The number of allylic oxidation sites excluding steroid dienone is 4. The molecule has 0 radical (unpaired) electrons. The van der Waals surface area contributed by atoms with E-state index in [2.05, 4.69) is 21.5 Å². The molecule has 1 aromatic carbocycles. The average Bonchev–Trinajstić information content (AvgIpc) is 2.62. The lowest BCUT2D eigenvalue weighted by atomic mass is 10.1. The molecule has 1 aromatic rings. The Morgan fingerprint density at radius 2 is 2.17 bits per heavy atom. The van der Waals surface area contributed by atoms with E-state index in [1.165, 1.54) is 6.21 Å². The van der Waals surface area contributed by atoms with Gasteiger partial charge in [0, 0.05) is 43.6 Å². The van der Waals surface area contributed by atoms with E-state index in [1.807, 2.05) is 31.2 Å². The van der Waals surface area contributed by atoms with Crippen molar-refractivity contribution < 1.29 is 4.21 Å². The maximum absolute atomic E-state index is 12.6. The smallest absolute Gasteiger partial charge is 0.150 e. The molecule has 1 aliphatic rings. The molecule has 1 aliphatic heterocycles. The van der Waals surface area contributed by atoms with E-state index < -0.39 is 11.0 Å². The van der Waals surface area contributed by atoms with Crippen molar-refractivity contribution in [2.45, 2.75) is 6.92 Å². The summed E-state index contributed by atoms with van der Waals surface area (Å²) in [5.41, 5.74) is 2.44. The van der Waals surface area contributed by atoms with Gasteiger partial charge in [-0.2, -0.15) is 0 Å². The first-order valence-corrected chi connectivity index (χ1v) is 9.09. The van der Waals surface area contributed by atoms with Crippen LogP contribution in [0.1, 0.15) is 12.5 Å². The van der Waals surface area contributed by atoms with E-state index in [0.717, 1.165) is 37.4 Å². The fourth-order valence-electron chi connectivity index (χ4n) is 2.59. The molecule has 1 unspecified atom stereocenters. The van der Waals surface area contributed by atoms with Gasteiger partial charge in [0.05, 0.1) is 10.6 Å². The summed E-state index contributed by atoms with van der Waals surface area (Å²) in [5.74, 6) is 0. The van der Waals surface area contributed by atoms with Crippen LogP contribution in [0.4, 0.5) is 11.4 Å². The molecule has 0 aromatic heterocycles. The van der Waals surface area contributed by atoms with Gasteiger partial charge in [-0.3, -0.25) is 0 Å². The van der Waals surface area contributed by atoms with Crippen LogP contribution < -0.4 is 14.9 Å². The summed E-state index contributed by atoms with van der Waals surface area (Å²) in [6.07, 6.45) is 8.28. The Morgan fingerprint density at radius 1 is 1.42 bits per heavy atom. The molecule has 3 N–H and O–H groups in total. The molecule has 6 heteroatoms. The van der Waals surface area contributed by atoms with Crippen molar-refractivity contribution in [2.24, 2.45) is 0 Å². The minimum absolute atomic E-state index is 0.635. The molecule has 1 saturated heterocycles. The van der Waals surface area contributed by atoms with Crippen molar-refractivity contribution in [2.75, 3.05) is 35.8 Å². The van der Waals surface area contributed by atoms with Gasteiger partial charge in [0.1, 0.15) is 11.0 Å². The van der Waals surface area contributed by atoms with Crippen LogP contribution in [-0.2, 0) is 11.0 Å². The highest BCUT2D eigenvalue weighted by Crippen LogP contribution is 2.27. The molecule has 24 heavy (non-hydrogen) atoms. The van der Waals surface area contributed by atoms with Crippen molar-refractivity contribution in [3.8, 4) is 0 Å².